The fourth-order valence-corrected chi connectivity index (χ4v) is 4.33. The third kappa shape index (κ3) is 5.46. The molecule has 35 heavy (non-hydrogen) atoms. The number of fused-ring (bicyclic) bond motifs is 1. The standard InChI is InChI=1S/C30H29N3O2/c1-34-27-15-9-13-25(21-27)29-22-30(35-31-29)33(20-10-19-32-17-6-2-3-7-18-32)23-26-14-8-12-24-11-4-5-16-28(24)26/h2-9,11-18,21-22H,10,19-20,23H2,1H3. The highest BCUT2D eigenvalue weighted by Crippen LogP contribution is 2.29. The number of ether oxygens (including phenoxy) is 1. The van der Waals surface area contributed by atoms with Gasteiger partial charge in [0.05, 0.1) is 7.11 Å². The van der Waals surface area contributed by atoms with Crippen molar-refractivity contribution in [1.82, 2.24) is 10.1 Å². The summed E-state index contributed by atoms with van der Waals surface area (Å²) in [4.78, 5) is 4.49. The average Bonchev–Trinajstić information content (AvgIpc) is 3.26. The molecule has 1 aliphatic rings. The Kier molecular flexibility index (Phi) is 6.94. The third-order valence-electron chi connectivity index (χ3n) is 6.15. The zero-order valence-electron chi connectivity index (χ0n) is 19.9. The van der Waals surface area contributed by atoms with Crippen molar-refractivity contribution in [3.8, 4) is 17.0 Å². The van der Waals surface area contributed by atoms with Crippen molar-refractivity contribution in [3.63, 3.8) is 0 Å². The van der Waals surface area contributed by atoms with Gasteiger partial charge in [0.1, 0.15) is 11.4 Å². The van der Waals surface area contributed by atoms with Crippen molar-refractivity contribution in [2.24, 2.45) is 0 Å². The van der Waals surface area contributed by atoms with E-state index in [-0.39, 0.29) is 0 Å². The number of nitrogens with zero attached hydrogens (tertiary/aromatic N) is 3. The number of aromatic nitrogens is 1. The minimum absolute atomic E-state index is 0.737. The summed E-state index contributed by atoms with van der Waals surface area (Å²) in [5.41, 5.74) is 3.03. The lowest BCUT2D eigenvalue weighted by Crippen LogP contribution is -2.26. The lowest BCUT2D eigenvalue weighted by molar-refractivity contribution is 0.410. The summed E-state index contributed by atoms with van der Waals surface area (Å²) in [6.07, 6.45) is 13.4. The Hall–Kier alpha value is -4.25. The van der Waals surface area contributed by atoms with Gasteiger partial charge in [0.2, 0.25) is 5.88 Å². The van der Waals surface area contributed by atoms with Crippen LogP contribution in [0.3, 0.4) is 0 Å². The number of rotatable bonds is 9. The highest BCUT2D eigenvalue weighted by Gasteiger charge is 2.16. The fraction of sp³-hybridized carbons (Fsp3) is 0.167. The fourth-order valence-electron chi connectivity index (χ4n) is 4.33. The Morgan fingerprint density at radius 1 is 0.886 bits per heavy atom. The lowest BCUT2D eigenvalue weighted by atomic mass is 10.0. The average molecular weight is 464 g/mol. The molecule has 176 valence electrons. The molecule has 1 aliphatic heterocycles. The van der Waals surface area contributed by atoms with Crippen LogP contribution in [0.25, 0.3) is 22.0 Å². The van der Waals surface area contributed by atoms with Gasteiger partial charge in [-0.25, -0.2) is 0 Å². The molecule has 4 aromatic rings. The Labute approximate surface area is 206 Å². The summed E-state index contributed by atoms with van der Waals surface area (Å²) < 4.78 is 11.3. The van der Waals surface area contributed by atoms with Gasteiger partial charge in [0.25, 0.3) is 0 Å². The molecule has 0 bridgehead atoms. The molecule has 0 N–H and O–H groups in total. The highest BCUT2D eigenvalue weighted by atomic mass is 16.5. The van der Waals surface area contributed by atoms with Gasteiger partial charge in [-0.2, -0.15) is 0 Å². The van der Waals surface area contributed by atoms with Crippen LogP contribution in [0.5, 0.6) is 5.75 Å². The van der Waals surface area contributed by atoms with Crippen molar-refractivity contribution < 1.29 is 9.26 Å². The molecule has 3 aromatic carbocycles. The first-order valence-corrected chi connectivity index (χ1v) is 11.9. The number of hydrogen-bond donors (Lipinski definition) is 0. The predicted molar refractivity (Wildman–Crippen MR) is 142 cm³/mol. The van der Waals surface area contributed by atoms with Crippen LogP contribution in [-0.2, 0) is 6.54 Å². The van der Waals surface area contributed by atoms with E-state index in [1.54, 1.807) is 7.11 Å². The van der Waals surface area contributed by atoms with Gasteiger partial charge < -0.3 is 19.1 Å². The molecule has 0 atom stereocenters. The van der Waals surface area contributed by atoms with Crippen LogP contribution in [0, 0.1) is 0 Å². The van der Waals surface area contributed by atoms with Crippen LogP contribution in [0.15, 0.2) is 114 Å². The van der Waals surface area contributed by atoms with Crippen LogP contribution in [0.2, 0.25) is 0 Å². The molecule has 2 heterocycles. The first kappa shape index (κ1) is 22.5. The largest absolute Gasteiger partial charge is 0.497 e. The number of benzene rings is 3. The molecule has 5 nitrogen and oxygen atoms in total. The zero-order chi connectivity index (χ0) is 23.9. The maximum absolute atomic E-state index is 5.89. The maximum Gasteiger partial charge on any atom is 0.228 e. The van der Waals surface area contributed by atoms with Gasteiger partial charge in [-0.1, -0.05) is 71.9 Å². The van der Waals surface area contributed by atoms with Crippen LogP contribution >= 0.6 is 0 Å². The van der Waals surface area contributed by atoms with Crippen molar-refractivity contribution in [1.29, 1.82) is 0 Å². The molecule has 5 rings (SSSR count). The third-order valence-corrected chi connectivity index (χ3v) is 6.15. The predicted octanol–water partition coefficient (Wildman–Crippen LogP) is 6.80. The molecule has 0 saturated heterocycles. The molecule has 0 unspecified atom stereocenters. The minimum Gasteiger partial charge on any atom is -0.497 e. The van der Waals surface area contributed by atoms with Crippen molar-refractivity contribution >= 4 is 16.7 Å². The number of allylic oxidation sites excluding steroid dienone is 4. The molecule has 0 spiro atoms. The van der Waals surface area contributed by atoms with Gasteiger partial charge in [-0.15, -0.1) is 0 Å². The summed E-state index contributed by atoms with van der Waals surface area (Å²) in [6.45, 7) is 2.49. The molecule has 0 saturated carbocycles. The SMILES string of the molecule is COc1cccc(-c2cc(N(CCCN3C=CC=CC=C3)Cc3cccc4ccccc34)on2)c1. The van der Waals surface area contributed by atoms with Gasteiger partial charge in [-0.05, 0) is 47.0 Å². The Balaban J connectivity index is 1.39. The first-order chi connectivity index (χ1) is 17.3. The Morgan fingerprint density at radius 3 is 2.54 bits per heavy atom. The van der Waals surface area contributed by atoms with Crippen LogP contribution in [0.1, 0.15) is 12.0 Å². The molecular weight excluding hydrogens is 434 g/mol. The summed E-state index contributed by atoms with van der Waals surface area (Å²) in [7, 11) is 1.67. The molecular formula is C30H29N3O2. The van der Waals surface area contributed by atoms with Gasteiger partial charge in [-0.3, -0.25) is 0 Å². The van der Waals surface area contributed by atoms with Crippen LogP contribution < -0.4 is 9.64 Å². The molecule has 0 fully saturated rings. The van der Waals surface area contributed by atoms with E-state index in [0.29, 0.717) is 0 Å². The van der Waals surface area contributed by atoms with Crippen molar-refractivity contribution in [2.75, 3.05) is 25.1 Å². The van der Waals surface area contributed by atoms with Gasteiger partial charge in [0.15, 0.2) is 0 Å². The number of methoxy groups -OCH3 is 1. The van der Waals surface area contributed by atoms with E-state index < -0.39 is 0 Å². The second-order valence-electron chi connectivity index (χ2n) is 8.50. The summed E-state index contributed by atoms with van der Waals surface area (Å²) in [5.74, 6) is 1.56. The molecule has 1 aromatic heterocycles. The normalized spacial score (nSPS) is 12.8. The Morgan fingerprint density at radius 2 is 1.69 bits per heavy atom. The van der Waals surface area contributed by atoms with Gasteiger partial charge >= 0.3 is 0 Å². The summed E-state index contributed by atoms with van der Waals surface area (Å²) in [6, 6.07) is 24.9. The second kappa shape index (κ2) is 10.8. The topological polar surface area (TPSA) is 41.7 Å². The first-order valence-electron chi connectivity index (χ1n) is 11.9. The Bertz CT molecular complexity index is 1350. The number of hydrogen-bond acceptors (Lipinski definition) is 5. The van der Waals surface area contributed by atoms with Crippen molar-refractivity contribution in [2.45, 2.75) is 13.0 Å². The minimum atomic E-state index is 0.737. The van der Waals surface area contributed by atoms with E-state index in [1.807, 2.05) is 42.5 Å². The van der Waals surface area contributed by atoms with E-state index in [2.05, 4.69) is 82.0 Å². The van der Waals surface area contributed by atoms with E-state index in [1.165, 1.54) is 16.3 Å². The smallest absolute Gasteiger partial charge is 0.228 e. The van der Waals surface area contributed by atoms with Crippen LogP contribution in [-0.4, -0.2) is 30.3 Å². The van der Waals surface area contributed by atoms with Gasteiger partial charge in [0, 0.05) is 43.7 Å². The van der Waals surface area contributed by atoms with E-state index in [4.69, 9.17) is 9.26 Å². The van der Waals surface area contributed by atoms with E-state index in [9.17, 15) is 0 Å². The van der Waals surface area contributed by atoms with Crippen LogP contribution in [0.4, 0.5) is 5.88 Å². The summed E-state index contributed by atoms with van der Waals surface area (Å²) >= 11 is 0. The van der Waals surface area contributed by atoms with Crippen molar-refractivity contribution in [3.05, 3.63) is 115 Å². The highest BCUT2D eigenvalue weighted by molar-refractivity contribution is 5.85. The molecule has 0 aliphatic carbocycles. The lowest BCUT2D eigenvalue weighted by Gasteiger charge is -2.24. The van der Waals surface area contributed by atoms with E-state index in [0.717, 1.165) is 48.9 Å². The zero-order valence-corrected chi connectivity index (χ0v) is 19.9. The molecule has 0 amide bonds. The van der Waals surface area contributed by atoms with E-state index >= 15 is 0 Å². The monoisotopic (exact) mass is 463 g/mol. The number of anilines is 1. The quantitative estimate of drug-likeness (QED) is 0.273. The maximum atomic E-state index is 5.89. The summed E-state index contributed by atoms with van der Waals surface area (Å²) in [5, 5.41) is 6.89. The molecule has 0 radical (unpaired) electrons. The molecule has 5 heteroatoms. The second-order valence-corrected chi connectivity index (χ2v) is 8.50.